The molecule has 0 unspecified atom stereocenters. The van der Waals surface area contributed by atoms with Crippen LogP contribution in [0.3, 0.4) is 0 Å². The number of hydrogen-bond acceptors (Lipinski definition) is 3. The second kappa shape index (κ2) is 7.14. The quantitative estimate of drug-likeness (QED) is 0.820. The lowest BCUT2D eigenvalue weighted by molar-refractivity contribution is -0.120. The van der Waals surface area contributed by atoms with Crippen LogP contribution in [0.5, 0.6) is 5.75 Å². The van der Waals surface area contributed by atoms with Crippen molar-refractivity contribution in [3.05, 3.63) is 28.3 Å². The molecule has 106 valence electrons. The molecule has 0 aliphatic heterocycles. The van der Waals surface area contributed by atoms with E-state index in [1.165, 1.54) is 16.7 Å². The number of rotatable bonds is 6. The fraction of sp³-hybridized carbons (Fsp3) is 0.533. The summed E-state index contributed by atoms with van der Waals surface area (Å²) in [4.78, 5) is 11.4. The third kappa shape index (κ3) is 3.96. The number of carbonyl (C=O) groups excluding carboxylic acids is 1. The van der Waals surface area contributed by atoms with Gasteiger partial charge in [0.1, 0.15) is 5.75 Å². The van der Waals surface area contributed by atoms with Crippen LogP contribution in [-0.2, 0) is 11.2 Å². The van der Waals surface area contributed by atoms with E-state index >= 15 is 0 Å². The van der Waals surface area contributed by atoms with Gasteiger partial charge in [0.15, 0.2) is 0 Å². The zero-order valence-electron chi connectivity index (χ0n) is 12.3. The third-order valence-electron chi connectivity index (χ3n) is 3.50. The predicted octanol–water partition coefficient (Wildman–Crippen LogP) is 1.63. The molecule has 4 nitrogen and oxygen atoms in total. The minimum Gasteiger partial charge on any atom is -0.496 e. The van der Waals surface area contributed by atoms with Crippen LogP contribution in [0.25, 0.3) is 0 Å². The van der Waals surface area contributed by atoms with E-state index in [9.17, 15) is 4.79 Å². The zero-order chi connectivity index (χ0) is 14.4. The second-order valence-corrected chi connectivity index (χ2v) is 4.76. The molecule has 0 radical (unpaired) electrons. The van der Waals surface area contributed by atoms with Gasteiger partial charge in [-0.15, -0.1) is 0 Å². The first-order valence-corrected chi connectivity index (χ1v) is 6.61. The smallest absolute Gasteiger partial charge is 0.221 e. The van der Waals surface area contributed by atoms with Crippen molar-refractivity contribution in [2.24, 2.45) is 5.73 Å². The monoisotopic (exact) mass is 264 g/mol. The normalized spacial score (nSPS) is 10.4. The van der Waals surface area contributed by atoms with Gasteiger partial charge in [0.2, 0.25) is 5.91 Å². The Balaban J connectivity index is 2.74. The van der Waals surface area contributed by atoms with Gasteiger partial charge in [0, 0.05) is 19.5 Å². The van der Waals surface area contributed by atoms with Crippen molar-refractivity contribution in [1.29, 1.82) is 0 Å². The van der Waals surface area contributed by atoms with Gasteiger partial charge in [-0.1, -0.05) is 0 Å². The highest BCUT2D eigenvalue weighted by Crippen LogP contribution is 2.27. The van der Waals surface area contributed by atoms with Crippen LogP contribution in [-0.4, -0.2) is 26.1 Å². The summed E-state index contributed by atoms with van der Waals surface area (Å²) < 4.78 is 5.35. The zero-order valence-corrected chi connectivity index (χ0v) is 12.3. The molecule has 0 atom stereocenters. The summed E-state index contributed by atoms with van der Waals surface area (Å²) in [5.41, 5.74) is 10.2. The Morgan fingerprint density at radius 2 is 2.00 bits per heavy atom. The van der Waals surface area contributed by atoms with E-state index in [0.717, 1.165) is 17.7 Å². The summed E-state index contributed by atoms with van der Waals surface area (Å²) in [6.45, 7) is 7.27. The summed E-state index contributed by atoms with van der Waals surface area (Å²) >= 11 is 0. The van der Waals surface area contributed by atoms with Crippen molar-refractivity contribution < 1.29 is 9.53 Å². The van der Waals surface area contributed by atoms with Crippen molar-refractivity contribution in [2.45, 2.75) is 33.6 Å². The molecule has 1 amide bonds. The lowest BCUT2D eigenvalue weighted by atomic mass is 9.95. The van der Waals surface area contributed by atoms with Crippen molar-refractivity contribution in [3.8, 4) is 5.75 Å². The van der Waals surface area contributed by atoms with Gasteiger partial charge in [0.05, 0.1) is 7.11 Å². The second-order valence-electron chi connectivity index (χ2n) is 4.76. The fourth-order valence-electron chi connectivity index (χ4n) is 2.24. The number of aryl methyl sites for hydroxylation is 1. The molecule has 0 aromatic heterocycles. The van der Waals surface area contributed by atoms with Gasteiger partial charge in [-0.05, 0) is 55.5 Å². The molecule has 19 heavy (non-hydrogen) atoms. The fourth-order valence-corrected chi connectivity index (χ4v) is 2.24. The number of amides is 1. The van der Waals surface area contributed by atoms with Crippen LogP contribution in [0, 0.1) is 20.8 Å². The summed E-state index contributed by atoms with van der Waals surface area (Å²) in [7, 11) is 1.69. The van der Waals surface area contributed by atoms with Crippen LogP contribution in [0.1, 0.15) is 28.7 Å². The first-order valence-electron chi connectivity index (χ1n) is 6.61. The molecule has 1 rings (SSSR count). The lowest BCUT2D eigenvalue weighted by Gasteiger charge is -2.16. The topological polar surface area (TPSA) is 64.3 Å². The van der Waals surface area contributed by atoms with Crippen LogP contribution in [0.2, 0.25) is 0 Å². The largest absolute Gasteiger partial charge is 0.496 e. The van der Waals surface area contributed by atoms with E-state index in [4.69, 9.17) is 10.5 Å². The molecule has 1 aromatic carbocycles. The highest BCUT2D eigenvalue weighted by Gasteiger charge is 2.10. The number of benzene rings is 1. The minimum absolute atomic E-state index is 0.0167. The number of nitrogens with one attached hydrogen (secondary N) is 1. The number of ether oxygens (including phenoxy) is 1. The Labute approximate surface area is 115 Å². The van der Waals surface area contributed by atoms with Crippen LogP contribution < -0.4 is 15.8 Å². The summed E-state index contributed by atoms with van der Waals surface area (Å²) in [6, 6.07) is 2.05. The lowest BCUT2D eigenvalue weighted by Crippen LogP contribution is -2.27. The molecule has 3 N–H and O–H groups in total. The molecular weight excluding hydrogens is 240 g/mol. The first kappa shape index (κ1) is 15.5. The molecular formula is C15H24N2O2. The van der Waals surface area contributed by atoms with Gasteiger partial charge < -0.3 is 15.8 Å². The molecule has 0 saturated carbocycles. The van der Waals surface area contributed by atoms with E-state index < -0.39 is 0 Å². The van der Waals surface area contributed by atoms with Gasteiger partial charge in [-0.25, -0.2) is 0 Å². The SMILES string of the molecule is COc1cc(C)c(CCNC(=O)CCN)c(C)c1C. The van der Waals surface area contributed by atoms with Crippen LogP contribution in [0.15, 0.2) is 6.07 Å². The van der Waals surface area contributed by atoms with Gasteiger partial charge >= 0.3 is 0 Å². The highest BCUT2D eigenvalue weighted by molar-refractivity contribution is 5.76. The number of nitrogens with two attached hydrogens (primary N) is 1. The Hall–Kier alpha value is -1.55. The number of hydrogen-bond donors (Lipinski definition) is 2. The Bertz CT molecular complexity index is 456. The molecule has 0 fully saturated rings. The summed E-state index contributed by atoms with van der Waals surface area (Å²) in [5.74, 6) is 0.939. The van der Waals surface area contributed by atoms with E-state index in [0.29, 0.717) is 19.5 Å². The van der Waals surface area contributed by atoms with Crippen molar-refractivity contribution in [2.75, 3.05) is 20.2 Å². The molecule has 4 heteroatoms. The maximum absolute atomic E-state index is 11.4. The van der Waals surface area contributed by atoms with E-state index in [2.05, 4.69) is 32.2 Å². The van der Waals surface area contributed by atoms with E-state index in [1.54, 1.807) is 7.11 Å². The molecule has 0 aliphatic rings. The summed E-state index contributed by atoms with van der Waals surface area (Å²) in [5, 5.41) is 2.88. The average Bonchev–Trinajstić information content (AvgIpc) is 2.38. The summed E-state index contributed by atoms with van der Waals surface area (Å²) in [6.07, 6.45) is 1.22. The van der Waals surface area contributed by atoms with Gasteiger partial charge in [-0.2, -0.15) is 0 Å². The molecule has 0 aliphatic carbocycles. The minimum atomic E-state index is 0.0167. The van der Waals surface area contributed by atoms with Gasteiger partial charge in [-0.3, -0.25) is 4.79 Å². The maximum atomic E-state index is 11.4. The van der Waals surface area contributed by atoms with Crippen LogP contribution >= 0.6 is 0 Å². The average molecular weight is 264 g/mol. The van der Waals surface area contributed by atoms with Crippen LogP contribution in [0.4, 0.5) is 0 Å². The highest BCUT2D eigenvalue weighted by atomic mass is 16.5. The standard InChI is InChI=1S/C15H24N2O2/c1-10-9-14(19-4)12(3)11(2)13(10)6-8-17-15(18)5-7-16/h9H,5-8,16H2,1-4H3,(H,17,18). The molecule has 0 spiro atoms. The maximum Gasteiger partial charge on any atom is 0.221 e. The molecule has 0 heterocycles. The van der Waals surface area contributed by atoms with E-state index in [1.807, 2.05) is 0 Å². The Morgan fingerprint density at radius 1 is 1.32 bits per heavy atom. The predicted molar refractivity (Wildman–Crippen MR) is 77.6 cm³/mol. The molecule has 0 saturated heterocycles. The first-order chi connectivity index (χ1) is 9.01. The molecule has 1 aromatic rings. The number of carbonyl (C=O) groups is 1. The van der Waals surface area contributed by atoms with Crippen molar-refractivity contribution in [1.82, 2.24) is 5.32 Å². The number of methoxy groups -OCH3 is 1. The van der Waals surface area contributed by atoms with E-state index in [-0.39, 0.29) is 5.91 Å². The van der Waals surface area contributed by atoms with Crippen molar-refractivity contribution >= 4 is 5.91 Å². The molecule has 0 bridgehead atoms. The van der Waals surface area contributed by atoms with Gasteiger partial charge in [0.25, 0.3) is 0 Å². The Morgan fingerprint density at radius 3 is 2.58 bits per heavy atom. The Kier molecular flexibility index (Phi) is 5.83. The van der Waals surface area contributed by atoms with Crippen molar-refractivity contribution in [3.63, 3.8) is 0 Å². The third-order valence-corrected chi connectivity index (χ3v) is 3.50.